The number of hydrogen-bond donors (Lipinski definition) is 2. The topological polar surface area (TPSA) is 87.7 Å². The Morgan fingerprint density at radius 3 is 2.27 bits per heavy atom. The number of rotatable bonds is 10. The minimum Gasteiger partial charge on any atom is -0.444 e. The van der Waals surface area contributed by atoms with Crippen molar-refractivity contribution in [3.8, 4) is 0 Å². The van der Waals surface area contributed by atoms with Crippen molar-refractivity contribution in [2.45, 2.75) is 124 Å². The molecule has 7 nitrogen and oxygen atoms in total. The van der Waals surface area contributed by atoms with E-state index in [2.05, 4.69) is 24.5 Å². The Morgan fingerprint density at radius 2 is 1.68 bits per heavy atom. The SMILES string of the molecule is Cc1cccc(C(C(=O)NC2CCCCC2)N(C(=O)CNC(=O)OC(C)(C)C)C(C)CCC(C)C)c1C. The van der Waals surface area contributed by atoms with Gasteiger partial charge in [0.1, 0.15) is 18.2 Å². The zero-order valence-corrected chi connectivity index (χ0v) is 24.3. The molecular formula is C30H49N3O4. The second-order valence-corrected chi connectivity index (χ2v) is 12.0. The molecule has 208 valence electrons. The van der Waals surface area contributed by atoms with Crippen LogP contribution in [0.15, 0.2) is 18.2 Å². The van der Waals surface area contributed by atoms with Crippen molar-refractivity contribution in [2.75, 3.05) is 6.54 Å². The molecule has 0 spiro atoms. The molecule has 1 saturated carbocycles. The summed E-state index contributed by atoms with van der Waals surface area (Å²) in [6, 6.07) is 5.06. The molecule has 0 saturated heterocycles. The van der Waals surface area contributed by atoms with Gasteiger partial charge in [0.15, 0.2) is 0 Å². The second-order valence-electron chi connectivity index (χ2n) is 12.0. The van der Waals surface area contributed by atoms with Gasteiger partial charge in [0.05, 0.1) is 0 Å². The van der Waals surface area contributed by atoms with Crippen LogP contribution in [0.4, 0.5) is 4.79 Å². The van der Waals surface area contributed by atoms with E-state index in [-0.39, 0.29) is 30.4 Å². The number of benzene rings is 1. The summed E-state index contributed by atoms with van der Waals surface area (Å²) in [4.78, 5) is 41.8. The summed E-state index contributed by atoms with van der Waals surface area (Å²) in [7, 11) is 0. The number of carbonyl (C=O) groups excluding carboxylic acids is 3. The summed E-state index contributed by atoms with van der Waals surface area (Å²) in [6.07, 6.45) is 6.36. The first kappa shape index (κ1) is 30.7. The monoisotopic (exact) mass is 515 g/mol. The number of nitrogens with one attached hydrogen (secondary N) is 2. The molecular weight excluding hydrogens is 466 g/mol. The van der Waals surface area contributed by atoms with E-state index in [0.29, 0.717) is 5.92 Å². The van der Waals surface area contributed by atoms with Crippen molar-refractivity contribution in [3.05, 3.63) is 34.9 Å². The quantitative estimate of drug-likeness (QED) is 0.402. The van der Waals surface area contributed by atoms with E-state index in [4.69, 9.17) is 4.74 Å². The Balaban J connectivity index is 2.43. The molecule has 3 amide bonds. The largest absolute Gasteiger partial charge is 0.444 e. The van der Waals surface area contributed by atoms with Crippen LogP contribution >= 0.6 is 0 Å². The highest BCUT2D eigenvalue weighted by Crippen LogP contribution is 2.31. The maximum atomic E-state index is 14.0. The molecule has 2 N–H and O–H groups in total. The van der Waals surface area contributed by atoms with Crippen LogP contribution in [0.5, 0.6) is 0 Å². The number of alkyl carbamates (subject to hydrolysis) is 1. The Kier molecular flexibility index (Phi) is 11.5. The van der Waals surface area contributed by atoms with Gasteiger partial charge in [0.25, 0.3) is 0 Å². The second kappa shape index (κ2) is 13.8. The van der Waals surface area contributed by atoms with Crippen molar-refractivity contribution in [2.24, 2.45) is 5.92 Å². The molecule has 7 heteroatoms. The van der Waals surface area contributed by atoms with Gasteiger partial charge in [-0.25, -0.2) is 4.79 Å². The van der Waals surface area contributed by atoms with Crippen molar-refractivity contribution in [1.82, 2.24) is 15.5 Å². The number of hydrogen-bond acceptors (Lipinski definition) is 4. The van der Waals surface area contributed by atoms with Crippen LogP contribution in [0.2, 0.25) is 0 Å². The van der Waals surface area contributed by atoms with Gasteiger partial charge in [-0.1, -0.05) is 51.3 Å². The zero-order valence-electron chi connectivity index (χ0n) is 24.3. The maximum Gasteiger partial charge on any atom is 0.408 e. The maximum absolute atomic E-state index is 14.0. The number of aryl methyl sites for hydroxylation is 1. The first-order valence-electron chi connectivity index (χ1n) is 13.9. The Morgan fingerprint density at radius 1 is 1.03 bits per heavy atom. The highest BCUT2D eigenvalue weighted by Gasteiger charge is 2.37. The van der Waals surface area contributed by atoms with Crippen molar-refractivity contribution < 1.29 is 19.1 Å². The first-order chi connectivity index (χ1) is 17.3. The van der Waals surface area contributed by atoms with Gasteiger partial charge in [0, 0.05) is 12.1 Å². The van der Waals surface area contributed by atoms with E-state index in [1.807, 2.05) is 39.0 Å². The highest BCUT2D eigenvalue weighted by atomic mass is 16.6. The Bertz CT molecular complexity index is 916. The van der Waals surface area contributed by atoms with Gasteiger partial charge in [-0.2, -0.15) is 0 Å². The molecule has 1 aliphatic rings. The lowest BCUT2D eigenvalue weighted by atomic mass is 9.91. The molecule has 0 radical (unpaired) electrons. The molecule has 2 rings (SSSR count). The summed E-state index contributed by atoms with van der Waals surface area (Å²) < 4.78 is 5.34. The van der Waals surface area contributed by atoms with Crippen LogP contribution in [-0.2, 0) is 14.3 Å². The van der Waals surface area contributed by atoms with Crippen LogP contribution in [-0.4, -0.2) is 47.0 Å². The predicted octanol–water partition coefficient (Wildman–Crippen LogP) is 5.97. The fraction of sp³-hybridized carbons (Fsp3) is 0.700. The summed E-state index contributed by atoms with van der Waals surface area (Å²) >= 11 is 0. The number of nitrogens with zero attached hydrogens (tertiary/aromatic N) is 1. The minimum absolute atomic E-state index is 0.122. The Labute approximate surface area is 224 Å². The smallest absolute Gasteiger partial charge is 0.408 e. The number of carbonyl (C=O) groups is 3. The van der Waals surface area contributed by atoms with Crippen molar-refractivity contribution >= 4 is 17.9 Å². The van der Waals surface area contributed by atoms with E-state index in [9.17, 15) is 14.4 Å². The molecule has 1 aromatic carbocycles. The third-order valence-corrected chi connectivity index (χ3v) is 7.13. The third kappa shape index (κ3) is 9.67. The average molecular weight is 516 g/mol. The summed E-state index contributed by atoms with van der Waals surface area (Å²) in [6.45, 7) is 15.4. The molecule has 0 heterocycles. The molecule has 0 aliphatic heterocycles. The normalized spacial score (nSPS) is 16.1. The highest BCUT2D eigenvalue weighted by molar-refractivity contribution is 5.91. The van der Waals surface area contributed by atoms with Crippen LogP contribution in [0.3, 0.4) is 0 Å². The summed E-state index contributed by atoms with van der Waals surface area (Å²) in [5.74, 6) is 0.0175. The van der Waals surface area contributed by atoms with Crippen LogP contribution < -0.4 is 10.6 Å². The zero-order chi connectivity index (χ0) is 27.8. The van der Waals surface area contributed by atoms with E-state index in [1.54, 1.807) is 25.7 Å². The molecule has 2 unspecified atom stereocenters. The number of amides is 3. The van der Waals surface area contributed by atoms with Crippen LogP contribution in [0, 0.1) is 19.8 Å². The molecule has 1 aromatic rings. The lowest BCUT2D eigenvalue weighted by Crippen LogP contribution is -2.52. The predicted molar refractivity (Wildman–Crippen MR) is 148 cm³/mol. The lowest BCUT2D eigenvalue weighted by Gasteiger charge is -2.38. The van der Waals surface area contributed by atoms with E-state index >= 15 is 0 Å². The van der Waals surface area contributed by atoms with Crippen LogP contribution in [0.1, 0.15) is 109 Å². The summed E-state index contributed by atoms with van der Waals surface area (Å²) in [5.41, 5.74) is 2.23. The standard InChI is InChI=1S/C30H49N3O4/c1-20(2)17-18-22(4)33(26(34)19-31-29(36)37-30(6,7)8)27(25-16-12-13-21(3)23(25)5)28(35)32-24-14-10-9-11-15-24/h12-13,16,20,22,24,27H,9-11,14-15,17-19H2,1-8H3,(H,31,36)(H,32,35). The average Bonchev–Trinajstić information content (AvgIpc) is 2.81. The fourth-order valence-electron chi connectivity index (χ4n) is 4.93. The lowest BCUT2D eigenvalue weighted by molar-refractivity contribution is -0.143. The van der Waals surface area contributed by atoms with Gasteiger partial charge in [0.2, 0.25) is 11.8 Å². The minimum atomic E-state index is -0.781. The fourth-order valence-corrected chi connectivity index (χ4v) is 4.93. The molecule has 0 aromatic heterocycles. The van der Waals surface area contributed by atoms with Gasteiger partial charge < -0.3 is 20.3 Å². The van der Waals surface area contributed by atoms with Crippen molar-refractivity contribution in [1.29, 1.82) is 0 Å². The van der Waals surface area contributed by atoms with Gasteiger partial charge in [-0.05, 0) is 89.8 Å². The van der Waals surface area contributed by atoms with Gasteiger partial charge in [-0.15, -0.1) is 0 Å². The first-order valence-corrected chi connectivity index (χ1v) is 13.9. The molecule has 37 heavy (non-hydrogen) atoms. The molecule has 0 bridgehead atoms. The molecule has 2 atom stereocenters. The van der Waals surface area contributed by atoms with E-state index < -0.39 is 17.7 Å². The third-order valence-electron chi connectivity index (χ3n) is 7.13. The Hall–Kier alpha value is -2.57. The molecule has 1 aliphatic carbocycles. The van der Waals surface area contributed by atoms with Gasteiger partial charge >= 0.3 is 6.09 Å². The summed E-state index contributed by atoms with van der Waals surface area (Å²) in [5, 5.41) is 5.88. The van der Waals surface area contributed by atoms with Crippen LogP contribution in [0.25, 0.3) is 0 Å². The van der Waals surface area contributed by atoms with E-state index in [0.717, 1.165) is 55.2 Å². The van der Waals surface area contributed by atoms with Gasteiger partial charge in [-0.3, -0.25) is 9.59 Å². The van der Waals surface area contributed by atoms with Crippen molar-refractivity contribution in [3.63, 3.8) is 0 Å². The molecule has 1 fully saturated rings. The number of ether oxygens (including phenoxy) is 1. The van der Waals surface area contributed by atoms with E-state index in [1.165, 1.54) is 6.42 Å².